The summed E-state index contributed by atoms with van der Waals surface area (Å²) in [5.74, 6) is 0.256. The van der Waals surface area contributed by atoms with Gasteiger partial charge in [0.15, 0.2) is 11.5 Å². The van der Waals surface area contributed by atoms with E-state index in [9.17, 15) is 14.0 Å². The lowest BCUT2D eigenvalue weighted by Crippen LogP contribution is -2.27. The van der Waals surface area contributed by atoms with Gasteiger partial charge < -0.3 is 9.47 Å². The maximum absolute atomic E-state index is 13.2. The van der Waals surface area contributed by atoms with E-state index >= 15 is 0 Å². The fourth-order valence-electron chi connectivity index (χ4n) is 3.25. The number of hydrogen-bond acceptors (Lipinski definition) is 5. The van der Waals surface area contributed by atoms with Crippen molar-refractivity contribution in [2.24, 2.45) is 0 Å². The SMILES string of the molecule is COc1cccc(/C=C2\SC(=O)N(Cc3ccc(I)cc3)C2=O)c1OCc1ccc(F)cc1. The number of thioether (sulfide) groups is 1. The lowest BCUT2D eigenvalue weighted by Gasteiger charge is -2.14. The standard InChI is InChI=1S/C25H19FINO4S/c1-31-21-4-2-3-18(23(21)32-15-17-5-9-19(26)10-6-17)13-22-24(29)28(25(30)33-22)14-16-7-11-20(27)12-8-16/h2-13H,14-15H2,1H3/b22-13-. The molecule has 0 atom stereocenters. The average Bonchev–Trinajstić information content (AvgIpc) is 3.07. The molecule has 1 saturated heterocycles. The minimum atomic E-state index is -0.351. The van der Waals surface area contributed by atoms with Crippen LogP contribution in [0.2, 0.25) is 0 Å². The lowest BCUT2D eigenvalue weighted by molar-refractivity contribution is -0.123. The fraction of sp³-hybridized carbons (Fsp3) is 0.120. The minimum absolute atomic E-state index is 0.190. The highest BCUT2D eigenvalue weighted by atomic mass is 127. The summed E-state index contributed by atoms with van der Waals surface area (Å²) < 4.78 is 25.7. The van der Waals surface area contributed by atoms with Crippen molar-refractivity contribution in [1.82, 2.24) is 4.90 Å². The second-order valence-corrected chi connectivity index (χ2v) is 9.43. The summed E-state index contributed by atoms with van der Waals surface area (Å²) in [7, 11) is 1.53. The van der Waals surface area contributed by atoms with Gasteiger partial charge in [-0.15, -0.1) is 0 Å². The van der Waals surface area contributed by atoms with Crippen molar-refractivity contribution in [3.8, 4) is 11.5 Å². The Morgan fingerprint density at radius 3 is 2.39 bits per heavy atom. The Hall–Kier alpha value is -2.85. The summed E-state index contributed by atoms with van der Waals surface area (Å²) in [5, 5.41) is -0.318. The summed E-state index contributed by atoms with van der Waals surface area (Å²) in [6.07, 6.45) is 1.64. The Morgan fingerprint density at radius 1 is 1.00 bits per heavy atom. The maximum Gasteiger partial charge on any atom is 0.293 e. The molecule has 8 heteroatoms. The van der Waals surface area contributed by atoms with E-state index in [0.717, 1.165) is 26.5 Å². The molecular weight excluding hydrogens is 556 g/mol. The van der Waals surface area contributed by atoms with Crippen molar-refractivity contribution in [2.75, 3.05) is 7.11 Å². The molecular formula is C25H19FINO4S. The molecule has 0 N–H and O–H groups in total. The Morgan fingerprint density at radius 2 is 1.70 bits per heavy atom. The molecule has 1 aliphatic heterocycles. The van der Waals surface area contributed by atoms with E-state index in [1.165, 1.54) is 24.1 Å². The molecule has 0 unspecified atom stereocenters. The van der Waals surface area contributed by atoms with Crippen LogP contribution in [0.15, 0.2) is 71.6 Å². The van der Waals surface area contributed by atoms with Crippen LogP contribution in [0, 0.1) is 9.39 Å². The molecule has 0 radical (unpaired) electrons. The molecule has 3 aromatic rings. The Balaban J connectivity index is 1.57. The van der Waals surface area contributed by atoms with Gasteiger partial charge in [-0.1, -0.05) is 36.4 Å². The van der Waals surface area contributed by atoms with E-state index in [1.54, 1.807) is 36.4 Å². The first kappa shape index (κ1) is 23.3. The molecule has 1 fully saturated rings. The number of imide groups is 1. The number of hydrogen-bond donors (Lipinski definition) is 0. The van der Waals surface area contributed by atoms with Crippen molar-refractivity contribution >= 4 is 51.6 Å². The van der Waals surface area contributed by atoms with E-state index in [1.807, 2.05) is 24.3 Å². The minimum Gasteiger partial charge on any atom is -0.493 e. The molecule has 1 aliphatic rings. The van der Waals surface area contributed by atoms with Gasteiger partial charge in [-0.3, -0.25) is 14.5 Å². The molecule has 1 heterocycles. The third-order valence-electron chi connectivity index (χ3n) is 4.94. The lowest BCUT2D eigenvalue weighted by atomic mass is 10.1. The number of carbonyl (C=O) groups is 2. The largest absolute Gasteiger partial charge is 0.493 e. The summed E-state index contributed by atoms with van der Waals surface area (Å²) in [6.45, 7) is 0.404. The summed E-state index contributed by atoms with van der Waals surface area (Å²) in [5.41, 5.74) is 2.27. The van der Waals surface area contributed by atoms with E-state index in [4.69, 9.17) is 9.47 Å². The van der Waals surface area contributed by atoms with E-state index in [-0.39, 0.29) is 30.1 Å². The van der Waals surface area contributed by atoms with Crippen molar-refractivity contribution < 1.29 is 23.5 Å². The molecule has 33 heavy (non-hydrogen) atoms. The van der Waals surface area contributed by atoms with Crippen LogP contribution < -0.4 is 9.47 Å². The van der Waals surface area contributed by atoms with Crippen LogP contribution >= 0.6 is 34.4 Å². The molecule has 2 amide bonds. The second kappa shape index (κ2) is 10.4. The first-order valence-corrected chi connectivity index (χ1v) is 11.9. The number of amides is 2. The highest BCUT2D eigenvalue weighted by Gasteiger charge is 2.35. The zero-order valence-corrected chi connectivity index (χ0v) is 20.6. The zero-order chi connectivity index (χ0) is 23.4. The van der Waals surface area contributed by atoms with E-state index < -0.39 is 0 Å². The third kappa shape index (κ3) is 5.56. The number of ether oxygens (including phenoxy) is 2. The number of benzene rings is 3. The van der Waals surface area contributed by atoms with Gasteiger partial charge in [0.1, 0.15) is 12.4 Å². The van der Waals surface area contributed by atoms with Gasteiger partial charge in [-0.25, -0.2) is 4.39 Å². The van der Waals surface area contributed by atoms with Gasteiger partial charge in [-0.05, 0) is 81.9 Å². The third-order valence-corrected chi connectivity index (χ3v) is 6.57. The normalized spacial score (nSPS) is 14.8. The van der Waals surface area contributed by atoms with Gasteiger partial charge in [0.05, 0.1) is 18.6 Å². The number of para-hydroxylation sites is 1. The van der Waals surface area contributed by atoms with Crippen molar-refractivity contribution in [1.29, 1.82) is 0 Å². The molecule has 4 rings (SSSR count). The van der Waals surface area contributed by atoms with Crippen LogP contribution in [-0.4, -0.2) is 23.2 Å². The van der Waals surface area contributed by atoms with Crippen molar-refractivity contribution in [3.05, 3.63) is 97.7 Å². The predicted octanol–water partition coefficient (Wildman–Crippen LogP) is 6.25. The fourth-order valence-corrected chi connectivity index (χ4v) is 4.44. The Labute approximate surface area is 208 Å². The maximum atomic E-state index is 13.2. The predicted molar refractivity (Wildman–Crippen MR) is 134 cm³/mol. The number of methoxy groups -OCH3 is 1. The molecule has 0 saturated carbocycles. The average molecular weight is 575 g/mol. The topological polar surface area (TPSA) is 55.8 Å². The second-order valence-electron chi connectivity index (χ2n) is 7.19. The summed E-state index contributed by atoms with van der Waals surface area (Å²) in [6, 6.07) is 19.0. The number of rotatable bonds is 7. The number of carbonyl (C=O) groups excluding carboxylic acids is 2. The Bertz CT molecular complexity index is 1210. The molecule has 0 spiro atoms. The Kier molecular flexibility index (Phi) is 7.34. The molecule has 0 aromatic heterocycles. The zero-order valence-electron chi connectivity index (χ0n) is 17.6. The highest BCUT2D eigenvalue weighted by molar-refractivity contribution is 14.1. The molecule has 5 nitrogen and oxygen atoms in total. The summed E-state index contributed by atoms with van der Waals surface area (Å²) in [4.78, 5) is 27.1. The van der Waals surface area contributed by atoms with Crippen molar-refractivity contribution in [3.63, 3.8) is 0 Å². The van der Waals surface area contributed by atoms with Gasteiger partial charge in [-0.2, -0.15) is 0 Å². The first-order valence-electron chi connectivity index (χ1n) is 9.98. The van der Waals surface area contributed by atoms with Crippen LogP contribution in [0.3, 0.4) is 0 Å². The monoisotopic (exact) mass is 575 g/mol. The van der Waals surface area contributed by atoms with Crippen LogP contribution in [-0.2, 0) is 17.9 Å². The molecule has 168 valence electrons. The molecule has 3 aromatic carbocycles. The highest BCUT2D eigenvalue weighted by Crippen LogP contribution is 2.38. The summed E-state index contributed by atoms with van der Waals surface area (Å²) >= 11 is 3.10. The van der Waals surface area contributed by atoms with Crippen molar-refractivity contribution in [2.45, 2.75) is 13.2 Å². The molecule has 0 bridgehead atoms. The van der Waals surface area contributed by atoms with E-state index in [0.29, 0.717) is 22.0 Å². The smallest absolute Gasteiger partial charge is 0.293 e. The first-order chi connectivity index (χ1) is 15.9. The van der Waals surface area contributed by atoms with Gasteiger partial charge in [0.2, 0.25) is 0 Å². The van der Waals surface area contributed by atoms with Crippen LogP contribution in [0.25, 0.3) is 6.08 Å². The van der Waals surface area contributed by atoms with Crippen LogP contribution in [0.5, 0.6) is 11.5 Å². The van der Waals surface area contributed by atoms with Crippen LogP contribution in [0.4, 0.5) is 9.18 Å². The van der Waals surface area contributed by atoms with E-state index in [2.05, 4.69) is 22.6 Å². The number of nitrogens with zero attached hydrogens (tertiary/aromatic N) is 1. The molecule has 0 aliphatic carbocycles. The number of halogens is 2. The van der Waals surface area contributed by atoms with Gasteiger partial charge >= 0.3 is 0 Å². The van der Waals surface area contributed by atoms with Gasteiger partial charge in [0, 0.05) is 9.13 Å². The van der Waals surface area contributed by atoms with Crippen LogP contribution in [0.1, 0.15) is 16.7 Å². The quantitative estimate of drug-likeness (QED) is 0.246. The van der Waals surface area contributed by atoms with Gasteiger partial charge in [0.25, 0.3) is 11.1 Å².